The lowest BCUT2D eigenvalue weighted by atomic mass is 9.94. The fraction of sp³-hybridized carbons (Fsp3) is 0.571. The van der Waals surface area contributed by atoms with Crippen molar-refractivity contribution in [2.75, 3.05) is 27.3 Å². The molecule has 0 aromatic heterocycles. The Bertz CT molecular complexity index is 421. The van der Waals surface area contributed by atoms with Crippen molar-refractivity contribution in [2.45, 2.75) is 25.9 Å². The predicted octanol–water partition coefficient (Wildman–Crippen LogP) is 2.67. The minimum Gasteiger partial charge on any atom is -0.495 e. The summed E-state index contributed by atoms with van der Waals surface area (Å²) in [6, 6.07) is 3.65. The Labute approximate surface area is 123 Å². The molecular weight excluding hydrogens is 310 g/mol. The molecule has 0 fully saturated rings. The zero-order chi connectivity index (χ0) is 14.5. The van der Waals surface area contributed by atoms with Gasteiger partial charge in [-0.05, 0) is 48.0 Å². The maximum Gasteiger partial charge on any atom is 0.142 e. The molecule has 0 aliphatic rings. The molecule has 5 heteroatoms. The minimum absolute atomic E-state index is 0.468. The van der Waals surface area contributed by atoms with Crippen LogP contribution in [0.25, 0.3) is 0 Å². The maximum absolute atomic E-state index is 10.6. The van der Waals surface area contributed by atoms with Crippen molar-refractivity contribution < 1.29 is 14.6 Å². The molecule has 0 aliphatic carbocycles. The van der Waals surface area contributed by atoms with Crippen molar-refractivity contribution in [3.8, 4) is 11.5 Å². The zero-order valence-electron chi connectivity index (χ0n) is 11.9. The summed E-state index contributed by atoms with van der Waals surface area (Å²) >= 11 is 3.45. The van der Waals surface area contributed by atoms with E-state index in [-0.39, 0.29) is 0 Å². The van der Waals surface area contributed by atoms with Crippen LogP contribution in [0, 0.1) is 0 Å². The van der Waals surface area contributed by atoms with E-state index in [0.29, 0.717) is 22.5 Å². The number of nitrogens with one attached hydrogen (secondary N) is 1. The topological polar surface area (TPSA) is 50.7 Å². The summed E-state index contributed by atoms with van der Waals surface area (Å²) in [7, 11) is 3.18. The largest absolute Gasteiger partial charge is 0.495 e. The molecule has 0 saturated heterocycles. The highest BCUT2D eigenvalue weighted by Gasteiger charge is 2.28. The smallest absolute Gasteiger partial charge is 0.142 e. The molecule has 19 heavy (non-hydrogen) atoms. The standard InChI is InChI=1S/C14H22BrNO3/c1-5-8-16-9-14(2,17)10-6-7-11(18-3)12(15)13(10)19-4/h6-7,16-17H,5,8-9H2,1-4H3. The summed E-state index contributed by atoms with van der Waals surface area (Å²) in [5.41, 5.74) is -0.277. The van der Waals surface area contributed by atoms with Gasteiger partial charge in [0.05, 0.1) is 14.2 Å². The van der Waals surface area contributed by atoms with E-state index in [0.717, 1.165) is 18.5 Å². The summed E-state index contributed by atoms with van der Waals surface area (Å²) < 4.78 is 11.3. The lowest BCUT2D eigenvalue weighted by Crippen LogP contribution is -2.36. The Morgan fingerprint density at radius 3 is 2.53 bits per heavy atom. The van der Waals surface area contributed by atoms with Crippen LogP contribution in [0.2, 0.25) is 0 Å². The van der Waals surface area contributed by atoms with Crippen molar-refractivity contribution in [1.82, 2.24) is 5.32 Å². The molecule has 0 bridgehead atoms. The number of hydrogen-bond donors (Lipinski definition) is 2. The molecule has 0 aliphatic heterocycles. The molecule has 108 valence electrons. The van der Waals surface area contributed by atoms with Gasteiger partial charge in [0.25, 0.3) is 0 Å². The second kappa shape index (κ2) is 7.12. The lowest BCUT2D eigenvalue weighted by molar-refractivity contribution is 0.0544. The molecule has 0 radical (unpaired) electrons. The highest BCUT2D eigenvalue weighted by Crippen LogP contribution is 2.41. The first kappa shape index (κ1) is 16.3. The normalized spacial score (nSPS) is 14.0. The Morgan fingerprint density at radius 2 is 2.00 bits per heavy atom. The average molecular weight is 332 g/mol. The van der Waals surface area contributed by atoms with Gasteiger partial charge < -0.3 is 19.9 Å². The Hall–Kier alpha value is -0.780. The van der Waals surface area contributed by atoms with Crippen LogP contribution in [0.3, 0.4) is 0 Å². The summed E-state index contributed by atoms with van der Waals surface area (Å²) in [6.07, 6.45) is 1.03. The summed E-state index contributed by atoms with van der Waals surface area (Å²) in [5, 5.41) is 13.8. The van der Waals surface area contributed by atoms with Gasteiger partial charge in [-0.1, -0.05) is 6.92 Å². The summed E-state index contributed by atoms with van der Waals surface area (Å²) in [5.74, 6) is 1.28. The van der Waals surface area contributed by atoms with Gasteiger partial charge in [0, 0.05) is 12.1 Å². The third kappa shape index (κ3) is 3.84. The third-order valence-electron chi connectivity index (χ3n) is 2.96. The van der Waals surface area contributed by atoms with Crippen molar-refractivity contribution >= 4 is 15.9 Å². The van der Waals surface area contributed by atoms with Crippen LogP contribution in [-0.4, -0.2) is 32.4 Å². The van der Waals surface area contributed by atoms with Crippen LogP contribution in [0.1, 0.15) is 25.8 Å². The van der Waals surface area contributed by atoms with E-state index in [2.05, 4.69) is 28.2 Å². The molecule has 0 heterocycles. The molecule has 1 aromatic carbocycles. The first-order valence-corrected chi connectivity index (χ1v) is 7.11. The monoisotopic (exact) mass is 331 g/mol. The van der Waals surface area contributed by atoms with Crippen molar-refractivity contribution in [3.63, 3.8) is 0 Å². The second-order valence-electron chi connectivity index (χ2n) is 4.61. The van der Waals surface area contributed by atoms with E-state index in [9.17, 15) is 5.11 Å². The molecule has 1 atom stereocenters. The number of benzene rings is 1. The van der Waals surface area contributed by atoms with Crippen molar-refractivity contribution in [1.29, 1.82) is 0 Å². The quantitative estimate of drug-likeness (QED) is 0.754. The van der Waals surface area contributed by atoms with Gasteiger partial charge in [-0.3, -0.25) is 0 Å². The fourth-order valence-corrected chi connectivity index (χ4v) is 2.59. The highest BCUT2D eigenvalue weighted by molar-refractivity contribution is 9.10. The van der Waals surface area contributed by atoms with E-state index in [1.807, 2.05) is 12.1 Å². The lowest BCUT2D eigenvalue weighted by Gasteiger charge is -2.27. The van der Waals surface area contributed by atoms with Crippen molar-refractivity contribution in [2.24, 2.45) is 0 Å². The number of aliphatic hydroxyl groups is 1. The highest BCUT2D eigenvalue weighted by atomic mass is 79.9. The Kier molecular flexibility index (Phi) is 6.10. The second-order valence-corrected chi connectivity index (χ2v) is 5.41. The molecule has 0 amide bonds. The molecule has 0 saturated carbocycles. The van der Waals surface area contributed by atoms with Gasteiger partial charge in [-0.25, -0.2) is 0 Å². The van der Waals surface area contributed by atoms with Crippen LogP contribution in [-0.2, 0) is 5.60 Å². The first-order chi connectivity index (χ1) is 8.97. The molecule has 0 spiro atoms. The predicted molar refractivity (Wildman–Crippen MR) is 80.0 cm³/mol. The van der Waals surface area contributed by atoms with Gasteiger partial charge in [0.15, 0.2) is 0 Å². The molecule has 1 aromatic rings. The van der Waals surface area contributed by atoms with Gasteiger partial charge in [0.2, 0.25) is 0 Å². The maximum atomic E-state index is 10.6. The first-order valence-electron chi connectivity index (χ1n) is 6.32. The molecular formula is C14H22BrNO3. The SMILES string of the molecule is CCCNCC(C)(O)c1ccc(OC)c(Br)c1OC. The molecule has 2 N–H and O–H groups in total. The number of methoxy groups -OCH3 is 2. The van der Waals surface area contributed by atoms with Crippen LogP contribution in [0.4, 0.5) is 0 Å². The summed E-state index contributed by atoms with van der Waals surface area (Å²) in [6.45, 7) is 5.20. The third-order valence-corrected chi connectivity index (χ3v) is 3.71. The van der Waals surface area contributed by atoms with E-state index < -0.39 is 5.60 Å². The van der Waals surface area contributed by atoms with E-state index in [1.54, 1.807) is 21.1 Å². The van der Waals surface area contributed by atoms with E-state index in [1.165, 1.54) is 0 Å². The fourth-order valence-electron chi connectivity index (χ4n) is 1.92. The number of rotatable bonds is 7. The Balaban J connectivity index is 3.08. The van der Waals surface area contributed by atoms with Gasteiger partial charge in [-0.2, -0.15) is 0 Å². The van der Waals surface area contributed by atoms with E-state index in [4.69, 9.17) is 9.47 Å². The van der Waals surface area contributed by atoms with Crippen LogP contribution in [0.15, 0.2) is 16.6 Å². The minimum atomic E-state index is -1.00. The van der Waals surface area contributed by atoms with Gasteiger partial charge in [-0.15, -0.1) is 0 Å². The van der Waals surface area contributed by atoms with Gasteiger partial charge in [0.1, 0.15) is 21.6 Å². The van der Waals surface area contributed by atoms with E-state index >= 15 is 0 Å². The van der Waals surface area contributed by atoms with Crippen LogP contribution < -0.4 is 14.8 Å². The van der Waals surface area contributed by atoms with Gasteiger partial charge >= 0.3 is 0 Å². The number of ether oxygens (including phenoxy) is 2. The summed E-state index contributed by atoms with van der Waals surface area (Å²) in [4.78, 5) is 0. The van der Waals surface area contributed by atoms with Crippen LogP contribution >= 0.6 is 15.9 Å². The number of hydrogen-bond acceptors (Lipinski definition) is 4. The molecule has 4 nitrogen and oxygen atoms in total. The van der Waals surface area contributed by atoms with Crippen LogP contribution in [0.5, 0.6) is 11.5 Å². The zero-order valence-corrected chi connectivity index (χ0v) is 13.5. The molecule has 1 unspecified atom stereocenters. The average Bonchev–Trinajstić information content (AvgIpc) is 2.38. The molecule has 1 rings (SSSR count). The van der Waals surface area contributed by atoms with Crippen molar-refractivity contribution in [3.05, 3.63) is 22.2 Å². The number of halogens is 1. The Morgan fingerprint density at radius 1 is 1.32 bits per heavy atom.